The Balaban J connectivity index is 2.28. The summed E-state index contributed by atoms with van der Waals surface area (Å²) >= 11 is 12.2. The molecule has 9 nitrogen and oxygen atoms in total. The Bertz CT molecular complexity index is 1070. The van der Waals surface area contributed by atoms with Crippen molar-refractivity contribution in [3.63, 3.8) is 0 Å². The summed E-state index contributed by atoms with van der Waals surface area (Å²) in [5.74, 6) is -0.494. The number of amides is 2. The molecule has 2 aromatic carbocycles. The van der Waals surface area contributed by atoms with Crippen molar-refractivity contribution < 1.29 is 24.0 Å². The Morgan fingerprint density at radius 1 is 1.11 bits per heavy atom. The molecule has 1 N–H and O–H groups in total. The summed E-state index contributed by atoms with van der Waals surface area (Å²) < 4.78 is 10.7. The van der Waals surface area contributed by atoms with Crippen LogP contribution in [0.4, 0.5) is 5.69 Å². The summed E-state index contributed by atoms with van der Waals surface area (Å²) in [5, 5.41) is 14.7. The summed E-state index contributed by atoms with van der Waals surface area (Å²) in [6, 6.07) is 8.15. The molecule has 0 bridgehead atoms. The SMILES string of the molecule is CCC(C)NC(=O)C(CC)N(Cc1ccc(Cl)c(Cl)c1)C(=O)COc1ccc([N+](=O)[O-])c(OC)c1. The number of carbonyl (C=O) groups is 2. The molecule has 0 saturated carbocycles. The molecule has 2 atom stereocenters. The molecule has 2 unspecified atom stereocenters. The number of nitro benzene ring substituents is 1. The van der Waals surface area contributed by atoms with Crippen LogP contribution in [0.25, 0.3) is 0 Å². The van der Waals surface area contributed by atoms with Crippen molar-refractivity contribution in [2.75, 3.05) is 13.7 Å². The van der Waals surface area contributed by atoms with E-state index in [-0.39, 0.29) is 35.7 Å². The van der Waals surface area contributed by atoms with Crippen LogP contribution in [0.2, 0.25) is 10.0 Å². The molecular formula is C24H29Cl2N3O6. The molecule has 2 rings (SSSR count). The fraction of sp³-hybridized carbons (Fsp3) is 0.417. The second kappa shape index (κ2) is 13.2. The molecule has 2 amide bonds. The molecule has 0 radical (unpaired) electrons. The van der Waals surface area contributed by atoms with E-state index in [1.54, 1.807) is 18.2 Å². The van der Waals surface area contributed by atoms with Gasteiger partial charge in [0.2, 0.25) is 11.7 Å². The highest BCUT2D eigenvalue weighted by atomic mass is 35.5. The van der Waals surface area contributed by atoms with Gasteiger partial charge >= 0.3 is 5.69 Å². The van der Waals surface area contributed by atoms with Gasteiger partial charge in [0.15, 0.2) is 6.61 Å². The number of ether oxygens (including phenoxy) is 2. The smallest absolute Gasteiger partial charge is 0.311 e. The second-order valence-electron chi connectivity index (χ2n) is 7.89. The van der Waals surface area contributed by atoms with Crippen molar-refractivity contribution in [3.8, 4) is 11.5 Å². The zero-order valence-corrected chi connectivity index (χ0v) is 21.6. The van der Waals surface area contributed by atoms with E-state index >= 15 is 0 Å². The van der Waals surface area contributed by atoms with Gasteiger partial charge in [0.05, 0.1) is 22.1 Å². The predicted molar refractivity (Wildman–Crippen MR) is 134 cm³/mol. The van der Waals surface area contributed by atoms with Crippen LogP contribution in [0.1, 0.15) is 39.2 Å². The van der Waals surface area contributed by atoms with Gasteiger partial charge in [-0.3, -0.25) is 19.7 Å². The third-order valence-corrected chi connectivity index (χ3v) is 6.17. The Kier molecular flexibility index (Phi) is 10.6. The summed E-state index contributed by atoms with van der Waals surface area (Å²) in [5.41, 5.74) is 0.472. The van der Waals surface area contributed by atoms with Gasteiger partial charge in [-0.15, -0.1) is 0 Å². The van der Waals surface area contributed by atoms with Gasteiger partial charge in [0.25, 0.3) is 5.91 Å². The number of halogens is 2. The molecule has 190 valence electrons. The normalized spacial score (nSPS) is 12.4. The second-order valence-corrected chi connectivity index (χ2v) is 8.71. The maximum absolute atomic E-state index is 13.3. The average Bonchev–Trinajstić information content (AvgIpc) is 2.83. The fourth-order valence-electron chi connectivity index (χ4n) is 3.32. The largest absolute Gasteiger partial charge is 0.490 e. The van der Waals surface area contributed by atoms with Crippen molar-refractivity contribution in [1.82, 2.24) is 10.2 Å². The lowest BCUT2D eigenvalue weighted by Gasteiger charge is -2.31. The van der Waals surface area contributed by atoms with E-state index in [4.69, 9.17) is 32.7 Å². The van der Waals surface area contributed by atoms with E-state index in [9.17, 15) is 19.7 Å². The molecule has 2 aromatic rings. The number of hydrogen-bond donors (Lipinski definition) is 1. The number of benzene rings is 2. The minimum absolute atomic E-state index is 0.00646. The molecule has 11 heteroatoms. The van der Waals surface area contributed by atoms with Crippen LogP contribution >= 0.6 is 23.2 Å². The molecule has 0 saturated heterocycles. The monoisotopic (exact) mass is 525 g/mol. The van der Waals surface area contributed by atoms with Crippen LogP contribution in [-0.2, 0) is 16.1 Å². The van der Waals surface area contributed by atoms with Crippen molar-refractivity contribution in [2.45, 2.75) is 52.2 Å². The van der Waals surface area contributed by atoms with Crippen molar-refractivity contribution in [1.29, 1.82) is 0 Å². The Labute approximate surface area is 214 Å². The van der Waals surface area contributed by atoms with E-state index < -0.39 is 23.5 Å². The first-order valence-corrected chi connectivity index (χ1v) is 11.9. The lowest BCUT2D eigenvalue weighted by molar-refractivity contribution is -0.385. The Hall–Kier alpha value is -3.04. The summed E-state index contributed by atoms with van der Waals surface area (Å²) in [7, 11) is 1.30. The fourth-order valence-corrected chi connectivity index (χ4v) is 3.64. The maximum atomic E-state index is 13.3. The lowest BCUT2D eigenvalue weighted by Crippen LogP contribution is -2.51. The number of nitrogens with zero attached hydrogens (tertiary/aromatic N) is 2. The number of rotatable bonds is 12. The van der Waals surface area contributed by atoms with Gasteiger partial charge < -0.3 is 19.7 Å². The number of hydrogen-bond acceptors (Lipinski definition) is 6. The number of nitro groups is 1. The van der Waals surface area contributed by atoms with E-state index in [1.165, 1.54) is 30.2 Å². The summed E-state index contributed by atoms with van der Waals surface area (Å²) in [6.07, 6.45) is 1.12. The van der Waals surface area contributed by atoms with E-state index in [1.807, 2.05) is 20.8 Å². The number of nitrogens with one attached hydrogen (secondary N) is 1. The topological polar surface area (TPSA) is 111 Å². The summed E-state index contributed by atoms with van der Waals surface area (Å²) in [6.45, 7) is 5.38. The number of carbonyl (C=O) groups excluding carboxylic acids is 2. The van der Waals surface area contributed by atoms with Crippen molar-refractivity contribution >= 4 is 40.7 Å². The third-order valence-electron chi connectivity index (χ3n) is 5.43. The number of methoxy groups -OCH3 is 1. The van der Waals surface area contributed by atoms with Gasteiger partial charge in [-0.2, -0.15) is 0 Å². The van der Waals surface area contributed by atoms with E-state index in [2.05, 4.69) is 5.32 Å². The molecule has 0 heterocycles. The van der Waals surface area contributed by atoms with Gasteiger partial charge in [-0.05, 0) is 43.5 Å². The van der Waals surface area contributed by atoms with Crippen molar-refractivity contribution in [2.24, 2.45) is 0 Å². The van der Waals surface area contributed by atoms with Gasteiger partial charge in [0.1, 0.15) is 11.8 Å². The van der Waals surface area contributed by atoms with Crippen molar-refractivity contribution in [3.05, 3.63) is 62.1 Å². The summed E-state index contributed by atoms with van der Waals surface area (Å²) in [4.78, 5) is 38.2. The molecule has 0 aromatic heterocycles. The average molecular weight is 526 g/mol. The first-order chi connectivity index (χ1) is 16.6. The zero-order chi connectivity index (χ0) is 26.1. The Morgan fingerprint density at radius 2 is 1.83 bits per heavy atom. The highest BCUT2D eigenvalue weighted by Crippen LogP contribution is 2.31. The van der Waals surface area contributed by atoms with Crippen LogP contribution < -0.4 is 14.8 Å². The minimum atomic E-state index is -0.749. The van der Waals surface area contributed by atoms with Gasteiger partial charge in [-0.25, -0.2) is 0 Å². The quantitative estimate of drug-likeness (QED) is 0.308. The van der Waals surface area contributed by atoms with E-state index in [0.717, 1.165) is 6.42 Å². The zero-order valence-electron chi connectivity index (χ0n) is 20.0. The molecule has 0 aliphatic rings. The van der Waals surface area contributed by atoms with E-state index in [0.29, 0.717) is 22.0 Å². The minimum Gasteiger partial charge on any atom is -0.490 e. The predicted octanol–water partition coefficient (Wildman–Crippen LogP) is 5.01. The first-order valence-electron chi connectivity index (χ1n) is 11.1. The molecule has 0 aliphatic heterocycles. The standard InChI is InChI=1S/C24H29Cl2N3O6/c1-5-15(3)27-24(31)20(6-2)28(13-16-7-9-18(25)19(26)11-16)23(30)14-35-17-8-10-21(29(32)33)22(12-17)34-4/h7-12,15,20H,5-6,13-14H2,1-4H3,(H,27,31). The van der Waals surface area contributed by atoms with Gasteiger partial charge in [0, 0.05) is 24.7 Å². The van der Waals surface area contributed by atoms with Crippen LogP contribution in [0.5, 0.6) is 11.5 Å². The van der Waals surface area contributed by atoms with Crippen LogP contribution in [-0.4, -0.2) is 47.4 Å². The molecule has 35 heavy (non-hydrogen) atoms. The Morgan fingerprint density at radius 3 is 2.40 bits per heavy atom. The molecule has 0 spiro atoms. The van der Waals surface area contributed by atoms with Gasteiger partial charge in [-0.1, -0.05) is 43.1 Å². The highest BCUT2D eigenvalue weighted by molar-refractivity contribution is 6.42. The maximum Gasteiger partial charge on any atom is 0.311 e. The molecule has 0 aliphatic carbocycles. The van der Waals surface area contributed by atoms with Crippen LogP contribution in [0, 0.1) is 10.1 Å². The first kappa shape index (κ1) is 28.2. The highest BCUT2D eigenvalue weighted by Gasteiger charge is 2.30. The molecule has 0 fully saturated rings. The molecular weight excluding hydrogens is 497 g/mol. The van der Waals surface area contributed by atoms with Crippen LogP contribution in [0.3, 0.4) is 0 Å². The lowest BCUT2D eigenvalue weighted by atomic mass is 10.1. The van der Waals surface area contributed by atoms with Crippen LogP contribution in [0.15, 0.2) is 36.4 Å². The third kappa shape index (κ3) is 7.73.